The number of allylic oxidation sites excluding steroid dienone is 1. The van der Waals surface area contributed by atoms with Gasteiger partial charge in [0.15, 0.2) is 5.60 Å². The first-order valence-electron chi connectivity index (χ1n) is 7.38. The minimum atomic E-state index is -5.14. The fourth-order valence-electron chi connectivity index (χ4n) is 1.45. The van der Waals surface area contributed by atoms with Gasteiger partial charge in [-0.1, -0.05) is 5.57 Å². The number of alkyl halides is 5. The van der Waals surface area contributed by atoms with Crippen molar-refractivity contribution >= 4 is 11.9 Å². The predicted molar refractivity (Wildman–Crippen MR) is 80.0 cm³/mol. The Morgan fingerprint density at radius 3 is 1.64 bits per heavy atom. The molecule has 0 aromatic heterocycles. The summed E-state index contributed by atoms with van der Waals surface area (Å²) in [5.74, 6) is -6.60. The Morgan fingerprint density at radius 2 is 1.28 bits per heavy atom. The molecule has 0 rings (SSSR count). The van der Waals surface area contributed by atoms with Gasteiger partial charge in [0.2, 0.25) is 5.60 Å². The van der Waals surface area contributed by atoms with E-state index in [0.29, 0.717) is 19.4 Å². The van der Waals surface area contributed by atoms with Gasteiger partial charge in [0.05, 0.1) is 0 Å². The van der Waals surface area contributed by atoms with Crippen LogP contribution >= 0.6 is 0 Å². The molecule has 0 aliphatic heterocycles. The second kappa shape index (κ2) is 7.29. The van der Waals surface area contributed by atoms with E-state index in [1.807, 2.05) is 0 Å². The van der Waals surface area contributed by atoms with E-state index < -0.39 is 41.7 Å². The molecule has 0 atom stereocenters. The van der Waals surface area contributed by atoms with Crippen LogP contribution in [0.4, 0.5) is 22.0 Å². The first kappa shape index (κ1) is 23.3. The summed E-state index contributed by atoms with van der Waals surface area (Å²) in [4.78, 5) is 24.0. The normalized spacial score (nSPS) is 13.3. The minimum absolute atomic E-state index is 0.211. The molecule has 146 valence electrons. The molecule has 0 unspecified atom stereocenters. The van der Waals surface area contributed by atoms with Gasteiger partial charge in [0, 0.05) is 5.57 Å². The van der Waals surface area contributed by atoms with Gasteiger partial charge in [-0.25, -0.2) is 18.4 Å². The van der Waals surface area contributed by atoms with Crippen molar-refractivity contribution in [3.63, 3.8) is 0 Å². The lowest BCUT2D eigenvalue weighted by Gasteiger charge is -2.36. The van der Waals surface area contributed by atoms with Crippen LogP contribution in [0.2, 0.25) is 0 Å². The largest absolute Gasteiger partial charge is 0.450 e. The van der Waals surface area contributed by atoms with Gasteiger partial charge in [0.1, 0.15) is 6.42 Å². The molecule has 0 aromatic rings. The number of hydrogen-bond acceptors (Lipinski definition) is 4. The molecule has 0 fully saturated rings. The summed E-state index contributed by atoms with van der Waals surface area (Å²) < 4.78 is 74.1. The molecule has 0 N–H and O–H groups in total. The SMILES string of the molecule is CC(C)=C(C)C(=O)OC(C)(C)C(=O)OC(C)(C)C(F)(F)CC(F)(F)F. The molecule has 0 spiro atoms. The average molecular weight is 374 g/mol. The molecule has 0 saturated heterocycles. The fraction of sp³-hybridized carbons (Fsp3) is 0.750. The van der Waals surface area contributed by atoms with E-state index in [4.69, 9.17) is 4.74 Å². The van der Waals surface area contributed by atoms with Crippen LogP contribution in [-0.4, -0.2) is 35.2 Å². The molecule has 0 heterocycles. The molecule has 4 nitrogen and oxygen atoms in total. The van der Waals surface area contributed by atoms with Crippen molar-refractivity contribution in [2.45, 2.75) is 78.2 Å². The van der Waals surface area contributed by atoms with Gasteiger partial charge in [0.25, 0.3) is 5.92 Å². The van der Waals surface area contributed by atoms with Crippen LogP contribution in [0.15, 0.2) is 11.1 Å². The van der Waals surface area contributed by atoms with Gasteiger partial charge in [-0.2, -0.15) is 13.2 Å². The maximum Gasteiger partial charge on any atom is 0.395 e. The third-order valence-electron chi connectivity index (χ3n) is 3.55. The predicted octanol–water partition coefficient (Wildman–Crippen LogP) is 4.57. The molecular weight excluding hydrogens is 351 g/mol. The van der Waals surface area contributed by atoms with Crippen molar-refractivity contribution in [3.8, 4) is 0 Å². The fourth-order valence-corrected chi connectivity index (χ4v) is 1.45. The molecule has 0 radical (unpaired) electrons. The molecule has 0 aromatic carbocycles. The lowest BCUT2D eigenvalue weighted by molar-refractivity contribution is -0.252. The standard InChI is InChI=1S/C16H23F5O4/c1-9(2)10(3)11(22)24-13(4,5)12(23)25-14(6,7)15(17,18)8-16(19,20)21/h8H2,1-7H3. The van der Waals surface area contributed by atoms with Crippen LogP contribution in [0.3, 0.4) is 0 Å². The second-order valence-corrected chi connectivity index (χ2v) is 6.92. The van der Waals surface area contributed by atoms with Crippen LogP contribution < -0.4 is 0 Å². The molecule has 0 aliphatic rings. The summed E-state index contributed by atoms with van der Waals surface area (Å²) >= 11 is 0. The third kappa shape index (κ3) is 6.62. The summed E-state index contributed by atoms with van der Waals surface area (Å²) in [6.45, 7) is 8.23. The highest BCUT2D eigenvalue weighted by Crippen LogP contribution is 2.41. The quantitative estimate of drug-likeness (QED) is 0.388. The van der Waals surface area contributed by atoms with Gasteiger partial charge in [-0.3, -0.25) is 0 Å². The Morgan fingerprint density at radius 1 is 0.840 bits per heavy atom. The monoisotopic (exact) mass is 374 g/mol. The molecule has 25 heavy (non-hydrogen) atoms. The van der Waals surface area contributed by atoms with E-state index in [1.165, 1.54) is 6.92 Å². The van der Waals surface area contributed by atoms with Crippen molar-refractivity contribution in [1.29, 1.82) is 0 Å². The van der Waals surface area contributed by atoms with Crippen LogP contribution in [0.25, 0.3) is 0 Å². The zero-order valence-corrected chi connectivity index (χ0v) is 15.2. The van der Waals surface area contributed by atoms with E-state index in [2.05, 4.69) is 4.74 Å². The summed E-state index contributed by atoms with van der Waals surface area (Å²) in [7, 11) is 0. The lowest BCUT2D eigenvalue weighted by Crippen LogP contribution is -2.52. The number of halogens is 5. The van der Waals surface area contributed by atoms with Gasteiger partial charge in [-0.15, -0.1) is 0 Å². The Kier molecular flexibility index (Phi) is 6.80. The lowest BCUT2D eigenvalue weighted by atomic mass is 9.96. The Labute approximate surface area is 143 Å². The second-order valence-electron chi connectivity index (χ2n) is 6.92. The van der Waals surface area contributed by atoms with Crippen LogP contribution in [0.1, 0.15) is 54.9 Å². The Hall–Kier alpha value is -1.67. The molecular formula is C16H23F5O4. The third-order valence-corrected chi connectivity index (χ3v) is 3.55. The van der Waals surface area contributed by atoms with Gasteiger partial charge < -0.3 is 9.47 Å². The molecule has 0 bridgehead atoms. The number of esters is 2. The Bertz CT molecular complexity index is 555. The molecule has 0 saturated carbocycles. The van der Waals surface area contributed by atoms with E-state index in [0.717, 1.165) is 13.8 Å². The highest BCUT2D eigenvalue weighted by atomic mass is 19.4. The van der Waals surface area contributed by atoms with Crippen molar-refractivity contribution in [2.75, 3.05) is 0 Å². The smallest absolute Gasteiger partial charge is 0.395 e. The van der Waals surface area contributed by atoms with Crippen LogP contribution in [0, 0.1) is 0 Å². The zero-order chi connectivity index (χ0) is 20.4. The van der Waals surface area contributed by atoms with E-state index in [-0.39, 0.29) is 5.57 Å². The summed E-state index contributed by atoms with van der Waals surface area (Å²) in [6, 6.07) is 0. The first-order valence-corrected chi connectivity index (χ1v) is 7.38. The number of ether oxygens (including phenoxy) is 2. The van der Waals surface area contributed by atoms with E-state index in [1.54, 1.807) is 13.8 Å². The van der Waals surface area contributed by atoms with Crippen molar-refractivity contribution < 1.29 is 41.0 Å². The number of carbonyl (C=O) groups excluding carboxylic acids is 2. The number of hydrogen-bond donors (Lipinski definition) is 0. The highest BCUT2D eigenvalue weighted by Gasteiger charge is 2.57. The molecule has 9 heteroatoms. The summed E-state index contributed by atoms with van der Waals surface area (Å²) in [5.41, 5.74) is -3.89. The van der Waals surface area contributed by atoms with Crippen molar-refractivity contribution in [1.82, 2.24) is 0 Å². The minimum Gasteiger partial charge on any atom is -0.450 e. The molecule has 0 aliphatic carbocycles. The van der Waals surface area contributed by atoms with E-state index >= 15 is 0 Å². The Balaban J connectivity index is 5.29. The van der Waals surface area contributed by atoms with Gasteiger partial charge in [-0.05, 0) is 48.5 Å². The van der Waals surface area contributed by atoms with Crippen LogP contribution in [-0.2, 0) is 19.1 Å². The topological polar surface area (TPSA) is 52.6 Å². The van der Waals surface area contributed by atoms with Crippen LogP contribution in [0.5, 0.6) is 0 Å². The molecule has 0 amide bonds. The maximum atomic E-state index is 13.8. The summed E-state index contributed by atoms with van der Waals surface area (Å²) in [5, 5.41) is 0. The van der Waals surface area contributed by atoms with Crippen molar-refractivity contribution in [3.05, 3.63) is 11.1 Å². The first-order chi connectivity index (χ1) is 10.8. The number of rotatable bonds is 6. The maximum absolute atomic E-state index is 13.8. The average Bonchev–Trinajstić information content (AvgIpc) is 2.33. The van der Waals surface area contributed by atoms with Gasteiger partial charge >= 0.3 is 18.1 Å². The summed E-state index contributed by atoms with van der Waals surface area (Å²) in [6.07, 6.45) is -7.59. The highest BCUT2D eigenvalue weighted by molar-refractivity contribution is 5.91. The number of carbonyl (C=O) groups is 2. The van der Waals surface area contributed by atoms with E-state index in [9.17, 15) is 31.5 Å². The van der Waals surface area contributed by atoms with Crippen molar-refractivity contribution in [2.24, 2.45) is 0 Å². The zero-order valence-electron chi connectivity index (χ0n) is 15.2.